The molecular weight excluding hydrogens is 232 g/mol. The first-order valence-corrected chi connectivity index (χ1v) is 5.39. The SMILES string of the molecule is CCOC(=O)c1cc(-c2ccc(C#N)cc2)on1. The third kappa shape index (κ3) is 2.38. The van der Waals surface area contributed by atoms with Gasteiger partial charge in [-0.25, -0.2) is 4.79 Å². The number of carbonyl (C=O) groups is 1. The Balaban J connectivity index is 2.24. The molecule has 0 saturated heterocycles. The quantitative estimate of drug-likeness (QED) is 0.772. The summed E-state index contributed by atoms with van der Waals surface area (Å²) >= 11 is 0. The third-order valence-electron chi connectivity index (χ3n) is 2.29. The number of nitrogens with zero attached hydrogens (tertiary/aromatic N) is 2. The molecule has 0 saturated carbocycles. The van der Waals surface area contributed by atoms with Gasteiger partial charge in [0.25, 0.3) is 0 Å². The van der Waals surface area contributed by atoms with Crippen molar-refractivity contribution in [2.24, 2.45) is 0 Å². The van der Waals surface area contributed by atoms with Gasteiger partial charge in [-0.3, -0.25) is 0 Å². The fourth-order valence-electron chi connectivity index (χ4n) is 1.42. The molecule has 0 unspecified atom stereocenters. The lowest BCUT2D eigenvalue weighted by molar-refractivity contribution is 0.0514. The average Bonchev–Trinajstić information content (AvgIpc) is 2.89. The lowest BCUT2D eigenvalue weighted by Gasteiger charge is -1.95. The van der Waals surface area contributed by atoms with Crippen LogP contribution in [0.15, 0.2) is 34.9 Å². The van der Waals surface area contributed by atoms with Gasteiger partial charge in [-0.2, -0.15) is 5.26 Å². The maximum absolute atomic E-state index is 11.4. The zero-order chi connectivity index (χ0) is 13.0. The summed E-state index contributed by atoms with van der Waals surface area (Å²) in [5, 5.41) is 12.3. The Labute approximate surface area is 104 Å². The van der Waals surface area contributed by atoms with Gasteiger partial charge in [0.1, 0.15) is 0 Å². The third-order valence-corrected chi connectivity index (χ3v) is 2.29. The monoisotopic (exact) mass is 242 g/mol. The van der Waals surface area contributed by atoms with Crippen molar-refractivity contribution in [2.45, 2.75) is 6.92 Å². The average molecular weight is 242 g/mol. The van der Waals surface area contributed by atoms with Crippen LogP contribution in [0.2, 0.25) is 0 Å². The Morgan fingerprint density at radius 3 is 2.78 bits per heavy atom. The van der Waals surface area contributed by atoms with Gasteiger partial charge in [-0.15, -0.1) is 0 Å². The Hall–Kier alpha value is -2.61. The summed E-state index contributed by atoms with van der Waals surface area (Å²) in [7, 11) is 0. The highest BCUT2D eigenvalue weighted by Crippen LogP contribution is 2.21. The van der Waals surface area contributed by atoms with Crippen LogP contribution in [0.25, 0.3) is 11.3 Å². The number of hydrogen-bond acceptors (Lipinski definition) is 5. The highest BCUT2D eigenvalue weighted by atomic mass is 16.5. The van der Waals surface area contributed by atoms with Crippen LogP contribution >= 0.6 is 0 Å². The van der Waals surface area contributed by atoms with E-state index in [9.17, 15) is 4.79 Å². The van der Waals surface area contributed by atoms with E-state index in [1.807, 2.05) is 6.07 Å². The van der Waals surface area contributed by atoms with Crippen molar-refractivity contribution in [2.75, 3.05) is 6.61 Å². The molecule has 1 heterocycles. The van der Waals surface area contributed by atoms with E-state index in [1.54, 1.807) is 31.2 Å². The maximum atomic E-state index is 11.4. The van der Waals surface area contributed by atoms with E-state index < -0.39 is 5.97 Å². The van der Waals surface area contributed by atoms with E-state index in [0.29, 0.717) is 11.3 Å². The van der Waals surface area contributed by atoms with E-state index in [0.717, 1.165) is 5.56 Å². The summed E-state index contributed by atoms with van der Waals surface area (Å²) in [5.41, 5.74) is 1.44. The molecule has 0 aliphatic carbocycles. The minimum absolute atomic E-state index is 0.135. The van der Waals surface area contributed by atoms with Crippen LogP contribution in [-0.4, -0.2) is 17.7 Å². The van der Waals surface area contributed by atoms with Crippen molar-refractivity contribution < 1.29 is 14.1 Å². The molecule has 0 amide bonds. The lowest BCUT2D eigenvalue weighted by atomic mass is 10.1. The second-order valence-electron chi connectivity index (χ2n) is 3.49. The fourth-order valence-corrected chi connectivity index (χ4v) is 1.42. The molecule has 2 aromatic rings. The number of rotatable bonds is 3. The summed E-state index contributed by atoms with van der Waals surface area (Å²) < 4.78 is 9.87. The highest BCUT2D eigenvalue weighted by Gasteiger charge is 2.14. The number of ether oxygens (including phenoxy) is 1. The second-order valence-corrected chi connectivity index (χ2v) is 3.49. The van der Waals surface area contributed by atoms with Gasteiger partial charge in [0.15, 0.2) is 11.5 Å². The van der Waals surface area contributed by atoms with E-state index in [-0.39, 0.29) is 12.3 Å². The summed E-state index contributed by atoms with van der Waals surface area (Å²) in [6.45, 7) is 2.01. The summed E-state index contributed by atoms with van der Waals surface area (Å²) in [6, 6.07) is 10.3. The number of hydrogen-bond donors (Lipinski definition) is 0. The molecule has 0 bridgehead atoms. The molecule has 0 aliphatic heterocycles. The highest BCUT2D eigenvalue weighted by molar-refractivity contribution is 5.88. The molecule has 2 rings (SSSR count). The summed E-state index contributed by atoms with van der Waals surface area (Å²) in [5.74, 6) is -0.0521. The van der Waals surface area contributed by atoms with Gasteiger partial charge < -0.3 is 9.26 Å². The van der Waals surface area contributed by atoms with Crippen molar-refractivity contribution >= 4 is 5.97 Å². The van der Waals surface area contributed by atoms with E-state index in [1.165, 1.54) is 6.07 Å². The summed E-state index contributed by atoms with van der Waals surface area (Å²) in [4.78, 5) is 11.4. The van der Waals surface area contributed by atoms with Crippen molar-refractivity contribution in [3.8, 4) is 17.4 Å². The number of benzene rings is 1. The van der Waals surface area contributed by atoms with E-state index >= 15 is 0 Å². The predicted octanol–water partition coefficient (Wildman–Crippen LogP) is 2.39. The smallest absolute Gasteiger partial charge is 0.360 e. The number of carbonyl (C=O) groups excluding carboxylic acids is 1. The van der Waals surface area contributed by atoms with E-state index in [4.69, 9.17) is 14.5 Å². The van der Waals surface area contributed by atoms with Gasteiger partial charge >= 0.3 is 5.97 Å². The Morgan fingerprint density at radius 1 is 1.44 bits per heavy atom. The maximum Gasteiger partial charge on any atom is 0.360 e. The van der Waals surface area contributed by atoms with Gasteiger partial charge in [-0.05, 0) is 31.2 Å². The molecule has 0 N–H and O–H groups in total. The molecule has 90 valence electrons. The van der Waals surface area contributed by atoms with Crippen molar-refractivity contribution in [1.29, 1.82) is 5.26 Å². The van der Waals surface area contributed by atoms with Gasteiger partial charge in [0.2, 0.25) is 0 Å². The molecule has 0 aliphatic rings. The zero-order valence-corrected chi connectivity index (χ0v) is 9.71. The molecule has 0 radical (unpaired) electrons. The van der Waals surface area contributed by atoms with Gasteiger partial charge in [0, 0.05) is 11.6 Å². The number of esters is 1. The van der Waals surface area contributed by atoms with E-state index in [2.05, 4.69) is 5.16 Å². The van der Waals surface area contributed by atoms with Gasteiger partial charge in [0.05, 0.1) is 18.2 Å². The first-order chi connectivity index (χ1) is 8.74. The van der Waals surface area contributed by atoms with Crippen LogP contribution < -0.4 is 0 Å². The van der Waals surface area contributed by atoms with Crippen LogP contribution in [0, 0.1) is 11.3 Å². The first kappa shape index (κ1) is 11.9. The Morgan fingerprint density at radius 2 is 2.17 bits per heavy atom. The topological polar surface area (TPSA) is 76.1 Å². The fraction of sp³-hybridized carbons (Fsp3) is 0.154. The van der Waals surface area contributed by atoms with Crippen LogP contribution in [-0.2, 0) is 4.74 Å². The van der Waals surface area contributed by atoms with Crippen LogP contribution in [0.3, 0.4) is 0 Å². The van der Waals surface area contributed by atoms with Crippen LogP contribution in [0.5, 0.6) is 0 Å². The number of aromatic nitrogens is 1. The standard InChI is InChI=1S/C13H10N2O3/c1-2-17-13(16)11-7-12(18-15-11)10-5-3-9(8-14)4-6-10/h3-7H,2H2,1H3. The molecule has 5 heteroatoms. The van der Waals surface area contributed by atoms with Crippen molar-refractivity contribution in [1.82, 2.24) is 5.16 Å². The molecule has 5 nitrogen and oxygen atoms in total. The normalized spacial score (nSPS) is 9.78. The second kappa shape index (κ2) is 5.15. The van der Waals surface area contributed by atoms with Crippen molar-refractivity contribution in [3.05, 3.63) is 41.6 Å². The largest absolute Gasteiger partial charge is 0.461 e. The predicted molar refractivity (Wildman–Crippen MR) is 62.6 cm³/mol. The minimum Gasteiger partial charge on any atom is -0.461 e. The molecule has 1 aromatic heterocycles. The molecular formula is C13H10N2O3. The van der Waals surface area contributed by atoms with Gasteiger partial charge in [-0.1, -0.05) is 5.16 Å². The molecule has 1 aromatic carbocycles. The Kier molecular flexibility index (Phi) is 3.39. The van der Waals surface area contributed by atoms with Crippen LogP contribution in [0.4, 0.5) is 0 Å². The first-order valence-electron chi connectivity index (χ1n) is 5.39. The minimum atomic E-state index is -0.513. The molecule has 0 fully saturated rings. The molecule has 0 atom stereocenters. The van der Waals surface area contributed by atoms with Crippen molar-refractivity contribution in [3.63, 3.8) is 0 Å². The molecule has 0 spiro atoms. The van der Waals surface area contributed by atoms with Crippen LogP contribution in [0.1, 0.15) is 23.0 Å². The zero-order valence-electron chi connectivity index (χ0n) is 9.71. The number of nitriles is 1. The molecule has 18 heavy (non-hydrogen) atoms. The lowest BCUT2D eigenvalue weighted by Crippen LogP contribution is -2.04. The summed E-state index contributed by atoms with van der Waals surface area (Å²) in [6.07, 6.45) is 0. The Bertz CT molecular complexity index is 593.